The quantitative estimate of drug-likeness (QED) is 0.469. The zero-order valence-electron chi connectivity index (χ0n) is 18.6. The molecule has 4 rings (SSSR count). The summed E-state index contributed by atoms with van der Waals surface area (Å²) in [6.45, 7) is 1.79. The monoisotopic (exact) mass is 513 g/mol. The molecule has 2 amide bonds. The molecule has 0 fully saturated rings. The van der Waals surface area contributed by atoms with Crippen molar-refractivity contribution in [3.8, 4) is 0 Å². The Bertz CT molecular complexity index is 1280. The molecule has 0 saturated carbocycles. The van der Waals surface area contributed by atoms with Crippen molar-refractivity contribution >= 4 is 58.0 Å². The lowest BCUT2D eigenvalue weighted by Crippen LogP contribution is -2.47. The van der Waals surface area contributed by atoms with Crippen LogP contribution in [0, 0.1) is 5.92 Å². The Morgan fingerprint density at radius 2 is 1.76 bits per heavy atom. The van der Waals surface area contributed by atoms with Crippen LogP contribution in [-0.2, 0) is 16.0 Å². The molecule has 3 aromatic carbocycles. The number of hydrogen-bond acceptors (Lipinski definition) is 3. The summed E-state index contributed by atoms with van der Waals surface area (Å²) < 4.78 is 0. The number of amides is 2. The van der Waals surface area contributed by atoms with Gasteiger partial charge in [-0.15, -0.1) is 0 Å². The molecule has 0 radical (unpaired) electrons. The molecule has 2 atom stereocenters. The first-order chi connectivity index (χ1) is 16.2. The first kappa shape index (κ1) is 24.3. The number of rotatable bonds is 5. The van der Waals surface area contributed by atoms with Crippen molar-refractivity contribution in [2.75, 3.05) is 11.9 Å². The van der Waals surface area contributed by atoms with Gasteiger partial charge in [0.05, 0.1) is 21.4 Å². The second-order valence-electron chi connectivity index (χ2n) is 8.17. The Balaban J connectivity index is 1.65. The fourth-order valence-electron chi connectivity index (χ4n) is 3.86. The van der Waals surface area contributed by atoms with Crippen molar-refractivity contribution in [1.82, 2.24) is 5.32 Å². The van der Waals surface area contributed by atoms with Crippen LogP contribution in [0.25, 0.3) is 0 Å². The van der Waals surface area contributed by atoms with Gasteiger partial charge in [0.15, 0.2) is 0 Å². The Labute approximate surface area is 213 Å². The third kappa shape index (κ3) is 5.12. The highest BCUT2D eigenvalue weighted by atomic mass is 35.5. The molecular weight excluding hydrogens is 493 g/mol. The number of carbonyl (C=O) groups excluding carboxylic acids is 2. The highest BCUT2D eigenvalue weighted by molar-refractivity contribution is 6.42. The van der Waals surface area contributed by atoms with E-state index in [0.717, 1.165) is 16.7 Å². The Morgan fingerprint density at radius 3 is 2.47 bits per heavy atom. The van der Waals surface area contributed by atoms with Crippen molar-refractivity contribution in [3.05, 3.63) is 98.5 Å². The molecule has 0 bridgehead atoms. The van der Waals surface area contributed by atoms with Gasteiger partial charge in [-0.1, -0.05) is 78.1 Å². The third-order valence-corrected chi connectivity index (χ3v) is 6.67. The molecule has 174 valence electrons. The Morgan fingerprint density at radius 1 is 1.03 bits per heavy atom. The number of anilines is 1. The number of nitrogens with one attached hydrogen (secondary N) is 1. The average Bonchev–Trinajstić information content (AvgIpc) is 2.92. The molecular formula is C26H22Cl3N3O2. The van der Waals surface area contributed by atoms with Crippen molar-refractivity contribution in [2.45, 2.75) is 19.5 Å². The second kappa shape index (κ2) is 10.2. The van der Waals surface area contributed by atoms with E-state index < -0.39 is 12.1 Å². The fourth-order valence-corrected chi connectivity index (χ4v) is 4.35. The van der Waals surface area contributed by atoms with Crippen LogP contribution in [0.2, 0.25) is 15.1 Å². The van der Waals surface area contributed by atoms with Gasteiger partial charge in [-0.25, -0.2) is 4.99 Å². The van der Waals surface area contributed by atoms with E-state index in [1.54, 1.807) is 44.3 Å². The van der Waals surface area contributed by atoms with Gasteiger partial charge in [0.2, 0.25) is 12.1 Å². The Kier molecular flexibility index (Phi) is 7.27. The number of fused-ring (bicyclic) bond motifs is 1. The molecule has 0 saturated heterocycles. The summed E-state index contributed by atoms with van der Waals surface area (Å²) in [7, 11) is 1.66. The van der Waals surface area contributed by atoms with Crippen LogP contribution < -0.4 is 10.2 Å². The molecule has 34 heavy (non-hydrogen) atoms. The number of benzodiazepines with no additional fused rings is 1. The van der Waals surface area contributed by atoms with Crippen molar-refractivity contribution in [2.24, 2.45) is 10.9 Å². The molecule has 3 aromatic rings. The predicted octanol–water partition coefficient (Wildman–Crippen LogP) is 5.78. The number of benzene rings is 3. The predicted molar refractivity (Wildman–Crippen MR) is 138 cm³/mol. The van der Waals surface area contributed by atoms with E-state index in [1.807, 2.05) is 36.4 Å². The molecule has 1 aliphatic heterocycles. The molecule has 1 heterocycles. The minimum atomic E-state index is -1.09. The van der Waals surface area contributed by atoms with Gasteiger partial charge >= 0.3 is 0 Å². The lowest BCUT2D eigenvalue weighted by Gasteiger charge is -2.22. The SMILES string of the molecule is CC(Cc1ccc(Cl)c(Cl)c1)C(=O)NC1N=C(c2ccccc2)c2cc(Cl)ccc2N(C)C1=O. The van der Waals surface area contributed by atoms with E-state index in [0.29, 0.717) is 32.9 Å². The highest BCUT2D eigenvalue weighted by Crippen LogP contribution is 2.30. The summed E-state index contributed by atoms with van der Waals surface area (Å²) in [6.07, 6.45) is -0.653. The number of nitrogens with zero attached hydrogens (tertiary/aromatic N) is 2. The van der Waals surface area contributed by atoms with E-state index in [-0.39, 0.29) is 11.8 Å². The fraction of sp³-hybridized carbons (Fsp3) is 0.192. The number of carbonyl (C=O) groups is 2. The lowest BCUT2D eigenvalue weighted by molar-refractivity contribution is -0.129. The topological polar surface area (TPSA) is 61.8 Å². The summed E-state index contributed by atoms with van der Waals surface area (Å²) >= 11 is 18.4. The highest BCUT2D eigenvalue weighted by Gasteiger charge is 2.32. The van der Waals surface area contributed by atoms with E-state index in [9.17, 15) is 9.59 Å². The first-order valence-electron chi connectivity index (χ1n) is 10.7. The summed E-state index contributed by atoms with van der Waals surface area (Å²) in [4.78, 5) is 32.6. The van der Waals surface area contributed by atoms with Gasteiger partial charge in [0, 0.05) is 29.1 Å². The molecule has 1 aliphatic rings. The van der Waals surface area contributed by atoms with Crippen LogP contribution in [0.15, 0.2) is 71.7 Å². The molecule has 0 aliphatic carbocycles. The van der Waals surface area contributed by atoms with Crippen LogP contribution >= 0.6 is 34.8 Å². The van der Waals surface area contributed by atoms with Crippen molar-refractivity contribution in [1.29, 1.82) is 0 Å². The third-order valence-electron chi connectivity index (χ3n) is 5.70. The molecule has 8 heteroatoms. The van der Waals surface area contributed by atoms with Crippen molar-refractivity contribution < 1.29 is 9.59 Å². The lowest BCUT2D eigenvalue weighted by atomic mass is 10.00. The molecule has 2 unspecified atom stereocenters. The zero-order valence-corrected chi connectivity index (χ0v) is 20.8. The second-order valence-corrected chi connectivity index (χ2v) is 9.42. The summed E-state index contributed by atoms with van der Waals surface area (Å²) in [5.41, 5.74) is 3.65. The molecule has 0 aromatic heterocycles. The standard InChI is InChI=1S/C26H22Cl3N3O2/c1-15(12-16-8-10-20(28)21(29)13-16)25(33)31-24-26(34)32(2)22-11-9-18(27)14-19(22)23(30-24)17-6-4-3-5-7-17/h3-11,13-15,24H,12H2,1-2H3,(H,31,33). The molecule has 5 nitrogen and oxygen atoms in total. The van der Waals surface area contributed by atoms with Crippen LogP contribution in [0.4, 0.5) is 5.69 Å². The van der Waals surface area contributed by atoms with Gasteiger partial charge in [0.25, 0.3) is 5.91 Å². The first-order valence-corrected chi connectivity index (χ1v) is 11.8. The Hall–Kier alpha value is -2.86. The summed E-state index contributed by atoms with van der Waals surface area (Å²) in [5, 5.41) is 4.24. The number of aliphatic imine (C=N–C) groups is 1. The van der Waals surface area contributed by atoms with Crippen LogP contribution in [0.3, 0.4) is 0 Å². The normalized spacial score (nSPS) is 16.4. The van der Waals surface area contributed by atoms with E-state index in [1.165, 1.54) is 4.90 Å². The maximum atomic E-state index is 13.3. The van der Waals surface area contributed by atoms with Gasteiger partial charge in [-0.05, 0) is 42.3 Å². The minimum Gasteiger partial charge on any atom is -0.326 e. The van der Waals surface area contributed by atoms with E-state index in [4.69, 9.17) is 39.8 Å². The maximum Gasteiger partial charge on any atom is 0.272 e. The number of hydrogen-bond donors (Lipinski definition) is 1. The van der Waals surface area contributed by atoms with Gasteiger partial charge in [-0.3, -0.25) is 9.59 Å². The van der Waals surface area contributed by atoms with Gasteiger partial charge in [-0.2, -0.15) is 0 Å². The maximum absolute atomic E-state index is 13.3. The summed E-state index contributed by atoms with van der Waals surface area (Å²) in [6, 6.07) is 20.1. The number of likely N-dealkylation sites (N-methyl/N-ethyl adjacent to an activating group) is 1. The van der Waals surface area contributed by atoms with Crippen molar-refractivity contribution in [3.63, 3.8) is 0 Å². The zero-order chi connectivity index (χ0) is 24.4. The van der Waals surface area contributed by atoms with E-state index >= 15 is 0 Å². The largest absolute Gasteiger partial charge is 0.326 e. The summed E-state index contributed by atoms with van der Waals surface area (Å²) in [5.74, 6) is -1.06. The van der Waals surface area contributed by atoms with Crippen LogP contribution in [-0.4, -0.2) is 30.7 Å². The average molecular weight is 515 g/mol. The smallest absolute Gasteiger partial charge is 0.272 e. The minimum absolute atomic E-state index is 0.294. The van der Waals surface area contributed by atoms with Crippen LogP contribution in [0.1, 0.15) is 23.6 Å². The van der Waals surface area contributed by atoms with Crippen LogP contribution in [0.5, 0.6) is 0 Å². The van der Waals surface area contributed by atoms with Gasteiger partial charge in [0.1, 0.15) is 0 Å². The van der Waals surface area contributed by atoms with Gasteiger partial charge < -0.3 is 10.2 Å². The molecule has 0 spiro atoms. The molecule has 1 N–H and O–H groups in total. The number of halogens is 3. The van der Waals surface area contributed by atoms with E-state index in [2.05, 4.69) is 5.32 Å².